The van der Waals surface area contributed by atoms with Crippen LogP contribution in [0.3, 0.4) is 0 Å². The van der Waals surface area contributed by atoms with Gasteiger partial charge in [-0.2, -0.15) is 0 Å². The molecule has 1 aromatic heterocycles. The Morgan fingerprint density at radius 3 is 2.62 bits per heavy atom. The molecule has 4 heteroatoms. The molecule has 2 N–H and O–H groups in total. The first kappa shape index (κ1) is 13.2. The van der Waals surface area contributed by atoms with Crippen LogP contribution in [0.4, 0.5) is 0 Å². The number of nitrogens with zero attached hydrogens (tertiary/aromatic N) is 2. The monoisotopic (exact) mass is 226 g/mol. The van der Waals surface area contributed by atoms with Crippen LogP contribution in [0.15, 0.2) is 12.4 Å². The molecule has 0 radical (unpaired) electrons. The minimum Gasteiger partial charge on any atom is -0.390 e. The zero-order chi connectivity index (χ0) is 12.0. The lowest BCUT2D eigenvalue weighted by atomic mass is 10.1. The topological polar surface area (TPSA) is 58.3 Å². The Bertz CT molecular complexity index is 299. The van der Waals surface area contributed by atoms with Gasteiger partial charge in [-0.3, -0.25) is 0 Å². The fourth-order valence-corrected chi connectivity index (χ4v) is 1.79. The van der Waals surface area contributed by atoms with Crippen molar-refractivity contribution in [3.05, 3.63) is 18.2 Å². The van der Waals surface area contributed by atoms with Gasteiger partial charge in [-0.15, -0.1) is 0 Å². The molecular weight excluding hydrogens is 204 g/mol. The smallest absolute Gasteiger partial charge is 0.111 e. The second kappa shape index (κ2) is 6.66. The molecule has 0 fully saturated rings. The van der Waals surface area contributed by atoms with Crippen LogP contribution < -0.4 is 0 Å². The van der Waals surface area contributed by atoms with Gasteiger partial charge < -0.3 is 14.8 Å². The van der Waals surface area contributed by atoms with Crippen molar-refractivity contribution in [2.45, 2.75) is 58.3 Å². The number of rotatable bonds is 7. The zero-order valence-electron chi connectivity index (χ0n) is 10.1. The van der Waals surface area contributed by atoms with E-state index >= 15 is 0 Å². The maximum atomic E-state index is 9.81. The molecule has 0 saturated carbocycles. The molecule has 0 aliphatic carbocycles. The van der Waals surface area contributed by atoms with Crippen LogP contribution in [0.1, 0.15) is 38.9 Å². The van der Waals surface area contributed by atoms with E-state index in [1.54, 1.807) is 6.20 Å². The lowest BCUT2D eigenvalue weighted by Crippen LogP contribution is -2.29. The number of aromatic nitrogens is 2. The van der Waals surface area contributed by atoms with Crippen molar-refractivity contribution in [1.82, 2.24) is 9.55 Å². The summed E-state index contributed by atoms with van der Waals surface area (Å²) in [5.74, 6) is 0.851. The molecule has 92 valence electrons. The molecule has 0 bridgehead atoms. The van der Waals surface area contributed by atoms with Crippen molar-refractivity contribution in [2.24, 2.45) is 0 Å². The summed E-state index contributed by atoms with van der Waals surface area (Å²) in [6, 6.07) is 0. The Hall–Kier alpha value is -0.870. The average Bonchev–Trinajstić information content (AvgIpc) is 2.67. The summed E-state index contributed by atoms with van der Waals surface area (Å²) in [5, 5.41) is 19.5. The number of hydrogen-bond acceptors (Lipinski definition) is 3. The molecular formula is C12H22N2O2. The average molecular weight is 226 g/mol. The Morgan fingerprint density at radius 1 is 1.25 bits per heavy atom. The molecule has 4 nitrogen and oxygen atoms in total. The minimum absolute atomic E-state index is 0.425. The first-order valence-corrected chi connectivity index (χ1v) is 6.05. The van der Waals surface area contributed by atoms with E-state index in [0.29, 0.717) is 12.8 Å². The lowest BCUT2D eigenvalue weighted by Gasteiger charge is -2.17. The summed E-state index contributed by atoms with van der Waals surface area (Å²) in [7, 11) is 0. The highest BCUT2D eigenvalue weighted by molar-refractivity contribution is 4.95. The van der Waals surface area contributed by atoms with Crippen LogP contribution >= 0.6 is 0 Å². The van der Waals surface area contributed by atoms with E-state index in [4.69, 9.17) is 0 Å². The molecule has 0 amide bonds. The van der Waals surface area contributed by atoms with Crippen molar-refractivity contribution in [3.63, 3.8) is 0 Å². The van der Waals surface area contributed by atoms with Gasteiger partial charge in [0.05, 0.1) is 12.2 Å². The second-order valence-corrected chi connectivity index (χ2v) is 4.16. The number of aryl methyl sites for hydroxylation is 1. The van der Waals surface area contributed by atoms with E-state index in [0.717, 1.165) is 25.2 Å². The van der Waals surface area contributed by atoms with Crippen LogP contribution in [0, 0.1) is 0 Å². The molecule has 0 spiro atoms. The quantitative estimate of drug-likeness (QED) is 0.738. The van der Waals surface area contributed by atoms with Crippen LogP contribution in [0.2, 0.25) is 0 Å². The Labute approximate surface area is 96.9 Å². The van der Waals surface area contributed by atoms with Crippen LogP contribution in [-0.4, -0.2) is 32.0 Å². The molecule has 0 aliphatic heterocycles. The molecule has 2 atom stereocenters. The molecule has 0 saturated heterocycles. The van der Waals surface area contributed by atoms with Crippen molar-refractivity contribution in [1.29, 1.82) is 0 Å². The van der Waals surface area contributed by atoms with Crippen molar-refractivity contribution >= 4 is 0 Å². The second-order valence-electron chi connectivity index (χ2n) is 4.16. The van der Waals surface area contributed by atoms with Crippen LogP contribution in [-0.2, 0) is 13.0 Å². The molecule has 0 aromatic carbocycles. The Morgan fingerprint density at radius 2 is 2.00 bits per heavy atom. The number of aliphatic hydroxyl groups is 2. The van der Waals surface area contributed by atoms with Gasteiger partial charge in [0.2, 0.25) is 0 Å². The van der Waals surface area contributed by atoms with E-state index < -0.39 is 12.2 Å². The van der Waals surface area contributed by atoms with Crippen LogP contribution in [0.25, 0.3) is 0 Å². The van der Waals surface area contributed by atoms with Gasteiger partial charge in [-0.1, -0.05) is 20.3 Å². The van der Waals surface area contributed by atoms with Crippen molar-refractivity contribution in [3.8, 4) is 0 Å². The minimum atomic E-state index is -0.710. The molecule has 2 unspecified atom stereocenters. The molecule has 1 aromatic rings. The predicted molar refractivity (Wildman–Crippen MR) is 63.1 cm³/mol. The lowest BCUT2D eigenvalue weighted by molar-refractivity contribution is 0.0133. The molecule has 1 rings (SSSR count). The maximum Gasteiger partial charge on any atom is 0.111 e. The van der Waals surface area contributed by atoms with E-state index in [1.807, 2.05) is 17.7 Å². The number of hydrogen-bond donors (Lipinski definition) is 2. The predicted octanol–water partition coefficient (Wildman–Crippen LogP) is 1.36. The summed E-state index contributed by atoms with van der Waals surface area (Å²) in [6.07, 6.45) is 5.28. The van der Waals surface area contributed by atoms with Gasteiger partial charge >= 0.3 is 0 Å². The fraction of sp³-hybridized carbons (Fsp3) is 0.750. The summed E-state index contributed by atoms with van der Waals surface area (Å²) in [6.45, 7) is 5.01. The SMILES string of the molecule is CCCC(O)C(O)Cc1nccn1CCC. The van der Waals surface area contributed by atoms with E-state index in [9.17, 15) is 10.2 Å². The summed E-state index contributed by atoms with van der Waals surface area (Å²) in [4.78, 5) is 4.21. The maximum absolute atomic E-state index is 9.81. The Kier molecular flexibility index (Phi) is 5.49. The fourth-order valence-electron chi connectivity index (χ4n) is 1.79. The number of aliphatic hydroxyl groups excluding tert-OH is 2. The van der Waals surface area contributed by atoms with Crippen LogP contribution in [0.5, 0.6) is 0 Å². The third-order valence-corrected chi connectivity index (χ3v) is 2.69. The van der Waals surface area contributed by atoms with Gasteiger partial charge in [0, 0.05) is 25.4 Å². The normalized spacial score (nSPS) is 15.0. The van der Waals surface area contributed by atoms with E-state index in [2.05, 4.69) is 11.9 Å². The highest BCUT2D eigenvalue weighted by Crippen LogP contribution is 2.09. The third-order valence-electron chi connectivity index (χ3n) is 2.69. The zero-order valence-corrected chi connectivity index (χ0v) is 10.1. The van der Waals surface area contributed by atoms with Crippen molar-refractivity contribution in [2.75, 3.05) is 0 Å². The third kappa shape index (κ3) is 3.61. The largest absolute Gasteiger partial charge is 0.390 e. The first-order valence-electron chi connectivity index (χ1n) is 6.05. The number of imidazole rings is 1. The first-order chi connectivity index (χ1) is 7.69. The van der Waals surface area contributed by atoms with E-state index in [1.165, 1.54) is 0 Å². The van der Waals surface area contributed by atoms with Gasteiger partial charge in [-0.25, -0.2) is 4.98 Å². The summed E-state index contributed by atoms with van der Waals surface area (Å²) >= 11 is 0. The van der Waals surface area contributed by atoms with Gasteiger partial charge in [-0.05, 0) is 12.8 Å². The molecule has 16 heavy (non-hydrogen) atoms. The van der Waals surface area contributed by atoms with Gasteiger partial charge in [0.25, 0.3) is 0 Å². The standard InChI is InChI=1S/C12H22N2O2/c1-3-5-10(15)11(16)9-12-13-6-8-14(12)7-4-2/h6,8,10-11,15-16H,3-5,7,9H2,1-2H3. The van der Waals surface area contributed by atoms with Crippen molar-refractivity contribution < 1.29 is 10.2 Å². The summed E-state index contributed by atoms with van der Waals surface area (Å²) < 4.78 is 2.03. The highest BCUT2D eigenvalue weighted by atomic mass is 16.3. The van der Waals surface area contributed by atoms with Gasteiger partial charge in [0.15, 0.2) is 0 Å². The molecule has 0 aliphatic rings. The van der Waals surface area contributed by atoms with E-state index in [-0.39, 0.29) is 0 Å². The highest BCUT2D eigenvalue weighted by Gasteiger charge is 2.17. The van der Waals surface area contributed by atoms with Gasteiger partial charge in [0.1, 0.15) is 5.82 Å². The molecule has 1 heterocycles. The summed E-state index contributed by atoms with van der Waals surface area (Å²) in [5.41, 5.74) is 0. The Balaban J connectivity index is 2.54.